The van der Waals surface area contributed by atoms with Crippen molar-refractivity contribution in [2.75, 3.05) is 0 Å². The van der Waals surface area contributed by atoms with Gasteiger partial charge in [0.15, 0.2) is 5.78 Å². The molecular weight excluding hydrogens is 291 g/mol. The fraction of sp³-hybridized carbons (Fsp3) is 0.300. The Morgan fingerprint density at radius 2 is 1.43 bits per heavy atom. The van der Waals surface area contributed by atoms with Crippen molar-refractivity contribution in [3.8, 4) is 0 Å². The zero-order valence-corrected chi connectivity index (χ0v) is 13.6. The predicted molar refractivity (Wildman–Crippen MR) is 88.9 cm³/mol. The van der Waals surface area contributed by atoms with E-state index in [1.807, 2.05) is 44.2 Å². The van der Waals surface area contributed by atoms with Crippen molar-refractivity contribution in [2.24, 2.45) is 11.8 Å². The van der Waals surface area contributed by atoms with Crippen molar-refractivity contribution in [3.05, 3.63) is 71.5 Å². The highest BCUT2D eigenvalue weighted by Crippen LogP contribution is 2.31. The molecule has 0 saturated carbocycles. The molecule has 0 fully saturated rings. The van der Waals surface area contributed by atoms with Crippen LogP contribution in [0.25, 0.3) is 0 Å². The van der Waals surface area contributed by atoms with Crippen LogP contribution in [0.5, 0.6) is 0 Å². The molecule has 0 radical (unpaired) electrons. The second kappa shape index (κ2) is 7.32. The monoisotopic (exact) mass is 312 g/mol. The molecule has 0 N–H and O–H groups in total. The third-order valence-electron chi connectivity index (χ3n) is 4.09. The molecule has 2 atom stereocenters. The highest BCUT2D eigenvalue weighted by molar-refractivity contribution is 6.04. The van der Waals surface area contributed by atoms with Crippen molar-refractivity contribution >= 4 is 11.6 Å². The first-order chi connectivity index (χ1) is 10.9. The minimum atomic E-state index is -0.559. The van der Waals surface area contributed by atoms with E-state index in [0.29, 0.717) is 5.56 Å². The van der Waals surface area contributed by atoms with Crippen LogP contribution >= 0.6 is 0 Å². The second-order valence-electron chi connectivity index (χ2n) is 6.11. The summed E-state index contributed by atoms with van der Waals surface area (Å²) < 4.78 is 13.1. The number of benzene rings is 2. The number of carbonyl (C=O) groups excluding carboxylic acids is 2. The van der Waals surface area contributed by atoms with Crippen molar-refractivity contribution in [2.45, 2.75) is 26.7 Å². The van der Waals surface area contributed by atoms with Gasteiger partial charge in [0.2, 0.25) is 0 Å². The third kappa shape index (κ3) is 3.92. The summed E-state index contributed by atoms with van der Waals surface area (Å²) in [7, 11) is 0. The van der Waals surface area contributed by atoms with Crippen LogP contribution in [-0.2, 0) is 4.79 Å². The maximum atomic E-state index is 13.1. The second-order valence-corrected chi connectivity index (χ2v) is 6.11. The highest BCUT2D eigenvalue weighted by Gasteiger charge is 2.33. The van der Waals surface area contributed by atoms with Crippen LogP contribution in [0.4, 0.5) is 4.39 Å². The van der Waals surface area contributed by atoms with Gasteiger partial charge in [-0.05, 0) is 29.8 Å². The Morgan fingerprint density at radius 1 is 0.870 bits per heavy atom. The fourth-order valence-electron chi connectivity index (χ4n) is 2.81. The molecule has 2 aromatic carbocycles. The van der Waals surface area contributed by atoms with Crippen molar-refractivity contribution in [3.63, 3.8) is 0 Å². The van der Waals surface area contributed by atoms with Gasteiger partial charge in [0.1, 0.15) is 11.6 Å². The first kappa shape index (κ1) is 17.1. The Balaban J connectivity index is 2.43. The lowest BCUT2D eigenvalue weighted by atomic mass is 9.77. The summed E-state index contributed by atoms with van der Waals surface area (Å²) in [4.78, 5) is 25.4. The molecule has 0 aliphatic heterocycles. The summed E-state index contributed by atoms with van der Waals surface area (Å²) in [6.07, 6.45) is 0. The van der Waals surface area contributed by atoms with Crippen LogP contribution in [0, 0.1) is 17.7 Å². The molecule has 0 amide bonds. The summed E-state index contributed by atoms with van der Waals surface area (Å²) in [5.74, 6) is -1.63. The van der Waals surface area contributed by atoms with Crippen LogP contribution in [0.1, 0.15) is 42.6 Å². The van der Waals surface area contributed by atoms with E-state index in [1.54, 1.807) is 6.92 Å². The van der Waals surface area contributed by atoms with E-state index in [4.69, 9.17) is 0 Å². The zero-order chi connectivity index (χ0) is 17.0. The Labute approximate surface area is 136 Å². The summed E-state index contributed by atoms with van der Waals surface area (Å²) >= 11 is 0. The number of carbonyl (C=O) groups is 2. The van der Waals surface area contributed by atoms with Gasteiger partial charge in [-0.3, -0.25) is 9.59 Å². The molecule has 0 bridgehead atoms. The average Bonchev–Trinajstić information content (AvgIpc) is 2.55. The lowest BCUT2D eigenvalue weighted by Gasteiger charge is -2.24. The molecule has 0 aromatic heterocycles. The number of Topliss-reactive ketones (excluding diaryl/α,β-unsaturated/α-hetero) is 2. The summed E-state index contributed by atoms with van der Waals surface area (Å²) in [6, 6.07) is 14.8. The minimum Gasteiger partial charge on any atom is -0.299 e. The molecule has 0 saturated heterocycles. The third-order valence-corrected chi connectivity index (χ3v) is 4.09. The molecule has 3 heteroatoms. The van der Waals surface area contributed by atoms with E-state index < -0.39 is 11.8 Å². The van der Waals surface area contributed by atoms with E-state index >= 15 is 0 Å². The molecule has 0 aliphatic carbocycles. The molecule has 0 spiro atoms. The van der Waals surface area contributed by atoms with Gasteiger partial charge in [-0.1, -0.05) is 51.1 Å². The van der Waals surface area contributed by atoms with Gasteiger partial charge in [-0.25, -0.2) is 4.39 Å². The fourth-order valence-corrected chi connectivity index (χ4v) is 2.81. The number of ketones is 2. The van der Waals surface area contributed by atoms with Crippen LogP contribution in [-0.4, -0.2) is 11.6 Å². The van der Waals surface area contributed by atoms with Crippen molar-refractivity contribution in [1.29, 1.82) is 0 Å². The minimum absolute atomic E-state index is 0.0503. The maximum Gasteiger partial charge on any atom is 0.171 e. The Kier molecular flexibility index (Phi) is 5.43. The Morgan fingerprint density at radius 3 is 1.96 bits per heavy atom. The van der Waals surface area contributed by atoms with Crippen LogP contribution < -0.4 is 0 Å². The number of halogens is 1. The van der Waals surface area contributed by atoms with E-state index in [2.05, 4.69) is 0 Å². The molecule has 2 nitrogen and oxygen atoms in total. The molecule has 2 aromatic rings. The number of rotatable bonds is 6. The molecule has 0 aliphatic rings. The largest absolute Gasteiger partial charge is 0.299 e. The SMILES string of the molecule is CC(C)C(=O)C(C)C(C(=O)c1ccc(F)cc1)c1ccccc1. The Bertz CT molecular complexity index is 675. The summed E-state index contributed by atoms with van der Waals surface area (Å²) in [6.45, 7) is 5.47. The lowest BCUT2D eigenvalue weighted by molar-refractivity contribution is -0.125. The van der Waals surface area contributed by atoms with Gasteiger partial charge in [0, 0.05) is 17.4 Å². The van der Waals surface area contributed by atoms with E-state index in [0.717, 1.165) is 5.56 Å². The normalized spacial score (nSPS) is 13.6. The predicted octanol–water partition coefficient (Wildman–Crippen LogP) is 4.65. The molecule has 23 heavy (non-hydrogen) atoms. The molecule has 2 rings (SSSR count). The van der Waals surface area contributed by atoms with Gasteiger partial charge in [-0.2, -0.15) is 0 Å². The van der Waals surface area contributed by atoms with Crippen molar-refractivity contribution < 1.29 is 14.0 Å². The van der Waals surface area contributed by atoms with Gasteiger partial charge >= 0.3 is 0 Å². The topological polar surface area (TPSA) is 34.1 Å². The van der Waals surface area contributed by atoms with Gasteiger partial charge in [-0.15, -0.1) is 0 Å². The first-order valence-corrected chi connectivity index (χ1v) is 7.80. The van der Waals surface area contributed by atoms with Crippen LogP contribution in [0.3, 0.4) is 0 Å². The smallest absolute Gasteiger partial charge is 0.171 e. The first-order valence-electron chi connectivity index (χ1n) is 7.80. The number of hydrogen-bond donors (Lipinski definition) is 0. The summed E-state index contributed by atoms with van der Waals surface area (Å²) in [5, 5.41) is 0. The lowest BCUT2D eigenvalue weighted by Crippen LogP contribution is -2.29. The van der Waals surface area contributed by atoms with Gasteiger partial charge < -0.3 is 0 Å². The zero-order valence-electron chi connectivity index (χ0n) is 13.6. The molecule has 2 unspecified atom stereocenters. The number of hydrogen-bond acceptors (Lipinski definition) is 2. The van der Waals surface area contributed by atoms with Gasteiger partial charge in [0.05, 0.1) is 5.92 Å². The highest BCUT2D eigenvalue weighted by atomic mass is 19.1. The van der Waals surface area contributed by atoms with Gasteiger partial charge in [0.25, 0.3) is 0 Å². The molecule has 0 heterocycles. The quantitative estimate of drug-likeness (QED) is 0.727. The maximum absolute atomic E-state index is 13.1. The average molecular weight is 312 g/mol. The van der Waals surface area contributed by atoms with E-state index in [9.17, 15) is 14.0 Å². The summed E-state index contributed by atoms with van der Waals surface area (Å²) in [5.41, 5.74) is 1.23. The van der Waals surface area contributed by atoms with Crippen LogP contribution in [0.2, 0.25) is 0 Å². The van der Waals surface area contributed by atoms with Crippen LogP contribution in [0.15, 0.2) is 54.6 Å². The molecule has 120 valence electrons. The Hall–Kier alpha value is -2.29. The standard InChI is InChI=1S/C20H21FO2/c1-13(2)19(22)14(3)18(15-7-5-4-6-8-15)20(23)16-9-11-17(21)12-10-16/h4-14,18H,1-3H3. The molecular formula is C20H21FO2. The van der Waals surface area contributed by atoms with E-state index in [-0.39, 0.29) is 23.3 Å². The van der Waals surface area contributed by atoms with Crippen molar-refractivity contribution in [1.82, 2.24) is 0 Å². The van der Waals surface area contributed by atoms with E-state index in [1.165, 1.54) is 24.3 Å².